The summed E-state index contributed by atoms with van der Waals surface area (Å²) in [5.74, 6) is -0.387. The van der Waals surface area contributed by atoms with Crippen LogP contribution in [-0.2, 0) is 14.6 Å². The number of carbonyl (C=O) groups is 1. The first-order chi connectivity index (χ1) is 8.68. The van der Waals surface area contributed by atoms with E-state index in [2.05, 4.69) is 17.6 Å². The molecule has 1 aliphatic rings. The molecule has 0 aromatic rings. The van der Waals surface area contributed by atoms with Gasteiger partial charge in [0.15, 0.2) is 9.84 Å². The van der Waals surface area contributed by atoms with E-state index < -0.39 is 14.6 Å². The molecule has 1 aliphatic carbocycles. The van der Waals surface area contributed by atoms with E-state index in [-0.39, 0.29) is 11.9 Å². The van der Waals surface area contributed by atoms with Gasteiger partial charge in [0, 0.05) is 18.3 Å². The zero-order valence-corrected chi connectivity index (χ0v) is 13.1. The molecule has 0 unspecified atom stereocenters. The van der Waals surface area contributed by atoms with E-state index in [1.807, 2.05) is 0 Å². The minimum atomic E-state index is -3.40. The molecule has 0 bridgehead atoms. The number of nitrogens with one attached hydrogen (secondary N) is 2. The second kappa shape index (κ2) is 6.22. The molecule has 6 heteroatoms. The number of carbonyl (C=O) groups excluding carboxylic acids is 1. The molecule has 1 rings (SSSR count). The first-order valence-electron chi connectivity index (χ1n) is 6.92. The quantitative estimate of drug-likeness (QED) is 0.787. The van der Waals surface area contributed by atoms with E-state index in [0.717, 1.165) is 38.5 Å². The highest BCUT2D eigenvalue weighted by molar-refractivity contribution is 7.92. The maximum Gasteiger partial charge on any atom is 0.241 e. The third-order valence-corrected chi connectivity index (χ3v) is 6.07. The molecule has 1 fully saturated rings. The van der Waals surface area contributed by atoms with Crippen molar-refractivity contribution in [3.63, 3.8) is 0 Å². The van der Waals surface area contributed by atoms with Gasteiger partial charge in [0.25, 0.3) is 0 Å². The molecule has 0 aromatic carbocycles. The molecule has 0 aliphatic heterocycles. The number of amides is 1. The summed E-state index contributed by atoms with van der Waals surface area (Å²) in [4.78, 5) is 12.1. The van der Waals surface area contributed by atoms with Gasteiger partial charge in [0.1, 0.15) is 4.75 Å². The standard InChI is InChI=1S/C13H26N2O3S/c1-5-14-10-6-8-11(9-7-10)15-12(16)13(2,3)19(4,17)18/h10-11,14H,5-9H2,1-4H3,(H,15,16). The molecule has 0 radical (unpaired) electrons. The number of rotatable bonds is 5. The summed E-state index contributed by atoms with van der Waals surface area (Å²) in [7, 11) is -3.40. The Bertz CT molecular complexity index is 410. The summed E-state index contributed by atoms with van der Waals surface area (Å²) in [5.41, 5.74) is 0. The van der Waals surface area contributed by atoms with Gasteiger partial charge in [-0.05, 0) is 46.1 Å². The lowest BCUT2D eigenvalue weighted by molar-refractivity contribution is -0.123. The SMILES string of the molecule is CCNC1CCC(NC(=O)C(C)(C)S(C)(=O)=O)CC1. The van der Waals surface area contributed by atoms with Crippen LogP contribution in [0.2, 0.25) is 0 Å². The van der Waals surface area contributed by atoms with Crippen molar-refractivity contribution in [3.05, 3.63) is 0 Å². The van der Waals surface area contributed by atoms with Crippen LogP contribution in [0, 0.1) is 0 Å². The van der Waals surface area contributed by atoms with Crippen LogP contribution < -0.4 is 10.6 Å². The summed E-state index contributed by atoms with van der Waals surface area (Å²) < 4.78 is 21.8. The maximum atomic E-state index is 12.1. The van der Waals surface area contributed by atoms with Gasteiger partial charge in [-0.3, -0.25) is 4.79 Å². The van der Waals surface area contributed by atoms with Crippen LogP contribution >= 0.6 is 0 Å². The van der Waals surface area contributed by atoms with E-state index in [0.29, 0.717) is 6.04 Å². The van der Waals surface area contributed by atoms with Crippen molar-refractivity contribution in [1.82, 2.24) is 10.6 Å². The predicted octanol–water partition coefficient (Wildman–Crippen LogP) is 0.847. The minimum absolute atomic E-state index is 0.100. The van der Waals surface area contributed by atoms with Crippen molar-refractivity contribution in [3.8, 4) is 0 Å². The highest BCUT2D eigenvalue weighted by atomic mass is 32.2. The van der Waals surface area contributed by atoms with Crippen molar-refractivity contribution >= 4 is 15.7 Å². The molecule has 19 heavy (non-hydrogen) atoms. The molecule has 2 N–H and O–H groups in total. The Balaban J connectivity index is 2.52. The van der Waals surface area contributed by atoms with Gasteiger partial charge in [-0.25, -0.2) is 8.42 Å². The van der Waals surface area contributed by atoms with Crippen molar-refractivity contribution in [2.45, 2.75) is 63.3 Å². The van der Waals surface area contributed by atoms with Gasteiger partial charge in [-0.15, -0.1) is 0 Å². The lowest BCUT2D eigenvalue weighted by Crippen LogP contribution is -2.52. The molecular weight excluding hydrogens is 264 g/mol. The summed E-state index contributed by atoms with van der Waals surface area (Å²) in [6.45, 7) is 5.97. The number of hydrogen-bond acceptors (Lipinski definition) is 4. The first kappa shape index (κ1) is 16.4. The molecular formula is C13H26N2O3S. The first-order valence-corrected chi connectivity index (χ1v) is 8.81. The topological polar surface area (TPSA) is 75.3 Å². The van der Waals surface area contributed by atoms with E-state index in [9.17, 15) is 13.2 Å². The molecule has 0 atom stereocenters. The van der Waals surface area contributed by atoms with Crippen molar-refractivity contribution in [1.29, 1.82) is 0 Å². The van der Waals surface area contributed by atoms with Crippen LogP contribution in [0.1, 0.15) is 46.5 Å². The predicted molar refractivity (Wildman–Crippen MR) is 76.8 cm³/mol. The third-order valence-electron chi connectivity index (χ3n) is 4.03. The van der Waals surface area contributed by atoms with E-state index in [1.54, 1.807) is 0 Å². The van der Waals surface area contributed by atoms with Crippen molar-refractivity contribution < 1.29 is 13.2 Å². The van der Waals surface area contributed by atoms with Crippen LogP contribution in [0.3, 0.4) is 0 Å². The van der Waals surface area contributed by atoms with Gasteiger partial charge in [-0.2, -0.15) is 0 Å². The number of hydrogen-bond donors (Lipinski definition) is 2. The van der Waals surface area contributed by atoms with Gasteiger partial charge in [-0.1, -0.05) is 6.92 Å². The van der Waals surface area contributed by atoms with Crippen LogP contribution in [0.5, 0.6) is 0 Å². The van der Waals surface area contributed by atoms with Crippen LogP contribution in [0.4, 0.5) is 0 Å². The second-order valence-corrected chi connectivity index (χ2v) is 8.43. The molecule has 1 amide bonds. The van der Waals surface area contributed by atoms with E-state index >= 15 is 0 Å². The Labute approximate surface area is 116 Å². The van der Waals surface area contributed by atoms with Crippen LogP contribution in [0.25, 0.3) is 0 Å². The van der Waals surface area contributed by atoms with Crippen LogP contribution in [0.15, 0.2) is 0 Å². The molecule has 1 saturated carbocycles. The van der Waals surface area contributed by atoms with Crippen LogP contribution in [-0.4, -0.2) is 44.0 Å². The molecule has 5 nitrogen and oxygen atoms in total. The molecule has 0 spiro atoms. The van der Waals surface area contributed by atoms with Gasteiger partial charge >= 0.3 is 0 Å². The van der Waals surface area contributed by atoms with Gasteiger partial charge in [0.2, 0.25) is 5.91 Å². The normalized spacial score (nSPS) is 25.1. The lowest BCUT2D eigenvalue weighted by Gasteiger charge is -2.31. The average molecular weight is 290 g/mol. The fraction of sp³-hybridized carbons (Fsp3) is 0.923. The molecule has 112 valence electrons. The molecule has 0 heterocycles. The summed E-state index contributed by atoms with van der Waals surface area (Å²) in [6.07, 6.45) is 4.97. The monoisotopic (exact) mass is 290 g/mol. The van der Waals surface area contributed by atoms with Gasteiger partial charge in [0.05, 0.1) is 0 Å². The maximum absolute atomic E-state index is 12.1. The Morgan fingerprint density at radius 3 is 2.05 bits per heavy atom. The third kappa shape index (κ3) is 4.18. The lowest BCUT2D eigenvalue weighted by atomic mass is 9.91. The summed E-state index contributed by atoms with van der Waals surface area (Å²) in [6, 6.07) is 0.629. The minimum Gasteiger partial charge on any atom is -0.352 e. The van der Waals surface area contributed by atoms with Gasteiger partial charge < -0.3 is 10.6 Å². The van der Waals surface area contributed by atoms with Crippen molar-refractivity contribution in [2.75, 3.05) is 12.8 Å². The Morgan fingerprint density at radius 1 is 1.16 bits per heavy atom. The zero-order valence-electron chi connectivity index (χ0n) is 12.3. The fourth-order valence-corrected chi connectivity index (χ4v) is 2.65. The van der Waals surface area contributed by atoms with E-state index in [4.69, 9.17) is 0 Å². The Kier molecular flexibility index (Phi) is 5.38. The summed E-state index contributed by atoms with van der Waals surface area (Å²) in [5, 5.41) is 6.29. The highest BCUT2D eigenvalue weighted by Gasteiger charge is 2.39. The smallest absolute Gasteiger partial charge is 0.241 e. The second-order valence-electron chi connectivity index (χ2n) is 5.86. The average Bonchev–Trinajstić information content (AvgIpc) is 2.30. The Morgan fingerprint density at radius 2 is 1.63 bits per heavy atom. The van der Waals surface area contributed by atoms with Crippen molar-refractivity contribution in [2.24, 2.45) is 0 Å². The molecule has 0 aromatic heterocycles. The fourth-order valence-electron chi connectivity index (χ4n) is 2.26. The highest BCUT2D eigenvalue weighted by Crippen LogP contribution is 2.21. The zero-order chi connectivity index (χ0) is 14.7. The Hall–Kier alpha value is -0.620. The largest absolute Gasteiger partial charge is 0.352 e. The number of sulfone groups is 1. The van der Waals surface area contributed by atoms with E-state index in [1.165, 1.54) is 13.8 Å². The summed E-state index contributed by atoms with van der Waals surface area (Å²) >= 11 is 0. The molecule has 0 saturated heterocycles.